The molecule has 1 unspecified atom stereocenters. The number of carboxylic acid groups (broad SMARTS) is 1. The molecule has 0 saturated heterocycles. The van der Waals surface area contributed by atoms with E-state index < -0.39 is 18.1 Å². The number of aliphatic carboxylic acids is 1. The highest BCUT2D eigenvalue weighted by Crippen LogP contribution is 2.12. The maximum atomic E-state index is 10.9. The smallest absolute Gasteiger partial charge is 0.323 e. The van der Waals surface area contributed by atoms with Gasteiger partial charge in [-0.05, 0) is 19.4 Å². The number of benzene rings is 1. The number of hydrogen-bond acceptors (Lipinski definition) is 3. The number of rotatable bonds is 5. The molecule has 0 aliphatic carbocycles. The molecule has 3 N–H and O–H groups in total. The lowest BCUT2D eigenvalue weighted by Gasteiger charge is -2.22. The van der Waals surface area contributed by atoms with Crippen molar-refractivity contribution in [3.05, 3.63) is 35.9 Å². The van der Waals surface area contributed by atoms with E-state index in [1.54, 1.807) is 0 Å². The van der Waals surface area contributed by atoms with Gasteiger partial charge in [0.05, 0.1) is 6.10 Å². The average molecular weight is 223 g/mol. The Morgan fingerprint density at radius 2 is 1.81 bits per heavy atom. The maximum Gasteiger partial charge on any atom is 0.323 e. The molecule has 0 fully saturated rings. The Kier molecular flexibility index (Phi) is 4.46. The Morgan fingerprint density at radius 1 is 1.25 bits per heavy atom. The minimum absolute atomic E-state index is 0.114. The Labute approximate surface area is 94.9 Å². The minimum atomic E-state index is -1.04. The largest absolute Gasteiger partial charge is 0.480 e. The number of hydrogen-bond donors (Lipinski definition) is 3. The maximum absolute atomic E-state index is 10.9. The Hall–Kier alpha value is -1.39. The summed E-state index contributed by atoms with van der Waals surface area (Å²) in [5, 5.41) is 21.1. The summed E-state index contributed by atoms with van der Waals surface area (Å²) in [5.41, 5.74) is 0.995. The topological polar surface area (TPSA) is 69.6 Å². The zero-order chi connectivity index (χ0) is 12.1. The summed E-state index contributed by atoms with van der Waals surface area (Å²) < 4.78 is 0. The third-order valence-corrected chi connectivity index (χ3v) is 2.48. The first kappa shape index (κ1) is 12.7. The van der Waals surface area contributed by atoms with Crippen LogP contribution in [0.4, 0.5) is 0 Å². The van der Waals surface area contributed by atoms with Crippen LogP contribution >= 0.6 is 0 Å². The summed E-state index contributed by atoms with van der Waals surface area (Å²) in [6, 6.07) is 8.46. The van der Waals surface area contributed by atoms with Crippen molar-refractivity contribution in [2.24, 2.45) is 0 Å². The summed E-state index contributed by atoms with van der Waals surface area (Å²) in [6.07, 6.45) is -0.927. The van der Waals surface area contributed by atoms with Gasteiger partial charge >= 0.3 is 5.97 Å². The molecule has 0 bridgehead atoms. The number of carbonyl (C=O) groups is 1. The van der Waals surface area contributed by atoms with E-state index in [2.05, 4.69) is 5.32 Å². The summed E-state index contributed by atoms with van der Waals surface area (Å²) in [6.45, 7) is 3.33. The van der Waals surface area contributed by atoms with Gasteiger partial charge in [-0.25, -0.2) is 0 Å². The molecule has 3 atom stereocenters. The number of nitrogens with one attached hydrogen (secondary N) is 1. The monoisotopic (exact) mass is 223 g/mol. The minimum Gasteiger partial charge on any atom is -0.480 e. The molecule has 0 saturated carbocycles. The van der Waals surface area contributed by atoms with Crippen molar-refractivity contribution in [1.29, 1.82) is 0 Å². The number of aliphatic hydroxyl groups is 1. The lowest BCUT2D eigenvalue weighted by molar-refractivity contribution is -0.142. The first-order chi connectivity index (χ1) is 7.52. The zero-order valence-electron chi connectivity index (χ0n) is 9.42. The van der Waals surface area contributed by atoms with Crippen LogP contribution < -0.4 is 5.32 Å². The predicted octanol–water partition coefficient (Wildman–Crippen LogP) is 1.17. The van der Waals surface area contributed by atoms with Gasteiger partial charge in [-0.2, -0.15) is 0 Å². The first-order valence-electron chi connectivity index (χ1n) is 5.24. The van der Waals surface area contributed by atoms with Gasteiger partial charge in [0, 0.05) is 6.04 Å². The van der Waals surface area contributed by atoms with Crippen molar-refractivity contribution >= 4 is 5.97 Å². The summed E-state index contributed by atoms with van der Waals surface area (Å²) >= 11 is 0. The van der Waals surface area contributed by atoms with E-state index in [9.17, 15) is 9.90 Å². The van der Waals surface area contributed by atoms with Crippen molar-refractivity contribution in [2.75, 3.05) is 0 Å². The van der Waals surface area contributed by atoms with Crippen LogP contribution in [0.25, 0.3) is 0 Å². The molecule has 4 heteroatoms. The molecular formula is C12H17NO3. The quantitative estimate of drug-likeness (QED) is 0.701. The molecular weight excluding hydrogens is 206 g/mol. The van der Waals surface area contributed by atoms with Gasteiger partial charge in [0.2, 0.25) is 0 Å². The number of aliphatic hydroxyl groups excluding tert-OH is 1. The van der Waals surface area contributed by atoms with Gasteiger partial charge in [0.25, 0.3) is 0 Å². The Bertz CT molecular complexity index is 337. The van der Waals surface area contributed by atoms with E-state index in [0.717, 1.165) is 5.56 Å². The lowest BCUT2D eigenvalue weighted by Crippen LogP contribution is -2.45. The summed E-state index contributed by atoms with van der Waals surface area (Å²) in [5.74, 6) is -1.04. The van der Waals surface area contributed by atoms with E-state index in [-0.39, 0.29) is 6.04 Å². The molecule has 0 amide bonds. The normalized spacial score (nSPS) is 16.4. The number of carboxylic acids is 1. The van der Waals surface area contributed by atoms with Crippen molar-refractivity contribution < 1.29 is 15.0 Å². The molecule has 16 heavy (non-hydrogen) atoms. The molecule has 0 aliphatic heterocycles. The molecule has 1 aromatic rings. The Balaban J connectivity index is 2.69. The van der Waals surface area contributed by atoms with Crippen molar-refractivity contribution in [3.63, 3.8) is 0 Å². The van der Waals surface area contributed by atoms with Crippen LogP contribution in [0.5, 0.6) is 0 Å². The van der Waals surface area contributed by atoms with Gasteiger partial charge in [-0.3, -0.25) is 10.1 Å². The van der Waals surface area contributed by atoms with E-state index in [1.165, 1.54) is 6.92 Å². The lowest BCUT2D eigenvalue weighted by atomic mass is 10.1. The second-order valence-corrected chi connectivity index (χ2v) is 3.86. The van der Waals surface area contributed by atoms with E-state index in [0.29, 0.717) is 0 Å². The van der Waals surface area contributed by atoms with Gasteiger partial charge in [0.1, 0.15) is 6.04 Å². The molecule has 0 spiro atoms. The first-order valence-corrected chi connectivity index (χ1v) is 5.24. The van der Waals surface area contributed by atoms with E-state index in [4.69, 9.17) is 5.11 Å². The molecule has 1 aromatic carbocycles. The second-order valence-electron chi connectivity index (χ2n) is 3.86. The van der Waals surface area contributed by atoms with Crippen LogP contribution in [-0.2, 0) is 4.79 Å². The van der Waals surface area contributed by atoms with Crippen LogP contribution in [0, 0.1) is 0 Å². The predicted molar refractivity (Wildman–Crippen MR) is 61.1 cm³/mol. The fraction of sp³-hybridized carbons (Fsp3) is 0.417. The molecule has 0 aromatic heterocycles. The van der Waals surface area contributed by atoms with Crippen LogP contribution in [0.3, 0.4) is 0 Å². The van der Waals surface area contributed by atoms with E-state index in [1.807, 2.05) is 37.3 Å². The van der Waals surface area contributed by atoms with Crippen molar-refractivity contribution in [3.8, 4) is 0 Å². The zero-order valence-corrected chi connectivity index (χ0v) is 9.42. The SMILES string of the molecule is CC(N[C@H](C(=O)O)[C@H](C)O)c1ccccc1. The summed E-state index contributed by atoms with van der Waals surface area (Å²) in [7, 11) is 0. The second kappa shape index (κ2) is 5.63. The van der Waals surface area contributed by atoms with Crippen LogP contribution in [0.2, 0.25) is 0 Å². The molecule has 88 valence electrons. The van der Waals surface area contributed by atoms with Crippen LogP contribution in [-0.4, -0.2) is 28.3 Å². The third kappa shape index (κ3) is 3.32. The molecule has 0 heterocycles. The molecule has 0 aliphatic rings. The van der Waals surface area contributed by atoms with Crippen LogP contribution in [0.1, 0.15) is 25.5 Å². The Morgan fingerprint density at radius 3 is 2.25 bits per heavy atom. The van der Waals surface area contributed by atoms with Gasteiger partial charge < -0.3 is 10.2 Å². The summed E-state index contributed by atoms with van der Waals surface area (Å²) in [4.78, 5) is 10.9. The van der Waals surface area contributed by atoms with Crippen molar-refractivity contribution in [1.82, 2.24) is 5.32 Å². The van der Waals surface area contributed by atoms with Crippen molar-refractivity contribution in [2.45, 2.75) is 32.0 Å². The average Bonchev–Trinajstić information content (AvgIpc) is 2.25. The fourth-order valence-corrected chi connectivity index (χ4v) is 1.52. The standard InChI is InChI=1S/C12H17NO3/c1-8(10-6-4-3-5-7-10)13-11(9(2)14)12(15)16/h3-9,11,13-14H,1-2H3,(H,15,16)/t8?,9-,11-/m0/s1. The molecule has 4 nitrogen and oxygen atoms in total. The fourth-order valence-electron chi connectivity index (χ4n) is 1.52. The molecule has 0 radical (unpaired) electrons. The van der Waals surface area contributed by atoms with Gasteiger partial charge in [-0.1, -0.05) is 30.3 Å². The highest BCUT2D eigenvalue weighted by Gasteiger charge is 2.24. The highest BCUT2D eigenvalue weighted by molar-refractivity contribution is 5.74. The third-order valence-electron chi connectivity index (χ3n) is 2.48. The van der Waals surface area contributed by atoms with Crippen LogP contribution in [0.15, 0.2) is 30.3 Å². The molecule has 1 rings (SSSR count). The highest BCUT2D eigenvalue weighted by atomic mass is 16.4. The van der Waals surface area contributed by atoms with E-state index >= 15 is 0 Å². The van der Waals surface area contributed by atoms with Gasteiger partial charge in [-0.15, -0.1) is 0 Å². The van der Waals surface area contributed by atoms with Gasteiger partial charge in [0.15, 0.2) is 0 Å².